The van der Waals surface area contributed by atoms with Crippen LogP contribution in [0.25, 0.3) is 0 Å². The monoisotopic (exact) mass is 255 g/mol. The Balaban J connectivity index is 2.58. The van der Waals surface area contributed by atoms with Gasteiger partial charge in [0.1, 0.15) is 5.75 Å². The standard InChI is InChI=1S/C10H10F5NO/c11-9(12)17-8-4-2-1-3-7(8)5-16-6-10(13,14)15/h1-4,9,16H,5-6H2. The van der Waals surface area contributed by atoms with Gasteiger partial charge < -0.3 is 10.1 Å². The second-order valence-electron chi connectivity index (χ2n) is 3.20. The number of ether oxygens (including phenoxy) is 1. The normalized spacial score (nSPS) is 11.9. The Bertz CT molecular complexity index is 353. The van der Waals surface area contributed by atoms with Gasteiger partial charge in [-0.05, 0) is 6.07 Å². The van der Waals surface area contributed by atoms with Gasteiger partial charge in [-0.2, -0.15) is 22.0 Å². The van der Waals surface area contributed by atoms with E-state index in [-0.39, 0.29) is 17.9 Å². The molecule has 0 saturated heterocycles. The molecule has 0 heterocycles. The molecule has 0 bridgehead atoms. The molecule has 2 nitrogen and oxygen atoms in total. The Morgan fingerprint density at radius 1 is 1.18 bits per heavy atom. The van der Waals surface area contributed by atoms with Gasteiger partial charge in [0.05, 0.1) is 6.54 Å². The lowest BCUT2D eigenvalue weighted by atomic mass is 10.2. The zero-order valence-corrected chi connectivity index (χ0v) is 8.60. The fourth-order valence-electron chi connectivity index (χ4n) is 1.20. The summed E-state index contributed by atoms with van der Waals surface area (Å²) in [5.74, 6) is -0.128. The molecule has 96 valence electrons. The summed E-state index contributed by atoms with van der Waals surface area (Å²) in [5.41, 5.74) is 0.247. The van der Waals surface area contributed by atoms with Crippen molar-refractivity contribution in [2.45, 2.75) is 19.3 Å². The Morgan fingerprint density at radius 2 is 1.82 bits per heavy atom. The van der Waals surface area contributed by atoms with Crippen LogP contribution < -0.4 is 10.1 Å². The predicted molar refractivity (Wildman–Crippen MR) is 50.8 cm³/mol. The molecule has 0 aliphatic rings. The van der Waals surface area contributed by atoms with Gasteiger partial charge in [-0.1, -0.05) is 18.2 Å². The third-order valence-electron chi connectivity index (χ3n) is 1.83. The highest BCUT2D eigenvalue weighted by Gasteiger charge is 2.26. The van der Waals surface area contributed by atoms with Crippen LogP contribution in [0.1, 0.15) is 5.56 Å². The van der Waals surface area contributed by atoms with Gasteiger partial charge in [-0.25, -0.2) is 0 Å². The average Bonchev–Trinajstić information content (AvgIpc) is 2.18. The fraction of sp³-hybridized carbons (Fsp3) is 0.400. The van der Waals surface area contributed by atoms with Gasteiger partial charge in [-0.15, -0.1) is 0 Å². The SMILES string of the molecule is FC(F)Oc1ccccc1CNCC(F)(F)F. The molecule has 0 aliphatic carbocycles. The molecule has 0 atom stereocenters. The molecule has 0 amide bonds. The predicted octanol–water partition coefficient (Wildman–Crippen LogP) is 2.94. The second kappa shape index (κ2) is 5.81. The van der Waals surface area contributed by atoms with Crippen LogP contribution in [-0.4, -0.2) is 19.3 Å². The first-order valence-electron chi connectivity index (χ1n) is 4.68. The minimum absolute atomic E-state index is 0.128. The van der Waals surface area contributed by atoms with E-state index in [1.165, 1.54) is 24.3 Å². The van der Waals surface area contributed by atoms with E-state index in [9.17, 15) is 22.0 Å². The molecule has 0 fully saturated rings. The molecule has 0 radical (unpaired) electrons. The van der Waals surface area contributed by atoms with Crippen LogP contribution >= 0.6 is 0 Å². The first-order valence-corrected chi connectivity index (χ1v) is 4.68. The molecule has 0 saturated carbocycles. The first kappa shape index (κ1) is 13.7. The Hall–Kier alpha value is -1.37. The Morgan fingerprint density at radius 3 is 2.41 bits per heavy atom. The lowest BCUT2D eigenvalue weighted by Crippen LogP contribution is -2.28. The van der Waals surface area contributed by atoms with Gasteiger partial charge in [-0.3, -0.25) is 0 Å². The summed E-state index contributed by atoms with van der Waals surface area (Å²) in [6.07, 6.45) is -4.33. The maximum absolute atomic E-state index is 12.0. The van der Waals surface area contributed by atoms with Crippen LogP contribution in [-0.2, 0) is 6.54 Å². The molecule has 0 spiro atoms. The van der Waals surface area contributed by atoms with E-state index < -0.39 is 19.3 Å². The number of hydrogen-bond donors (Lipinski definition) is 1. The van der Waals surface area contributed by atoms with Crippen molar-refractivity contribution in [1.29, 1.82) is 0 Å². The summed E-state index contributed by atoms with van der Waals surface area (Å²) in [5, 5.41) is 2.11. The van der Waals surface area contributed by atoms with E-state index in [1.54, 1.807) is 0 Å². The van der Waals surface area contributed by atoms with Gasteiger partial charge in [0.2, 0.25) is 0 Å². The second-order valence-corrected chi connectivity index (χ2v) is 3.20. The minimum atomic E-state index is -4.33. The summed E-state index contributed by atoms with van der Waals surface area (Å²) in [7, 11) is 0. The number of rotatable bonds is 5. The van der Waals surface area contributed by atoms with Crippen LogP contribution in [0.15, 0.2) is 24.3 Å². The van der Waals surface area contributed by atoms with E-state index in [0.29, 0.717) is 0 Å². The lowest BCUT2D eigenvalue weighted by molar-refractivity contribution is -0.125. The van der Waals surface area contributed by atoms with Crippen molar-refractivity contribution in [3.05, 3.63) is 29.8 Å². The zero-order chi connectivity index (χ0) is 12.9. The van der Waals surface area contributed by atoms with Crippen molar-refractivity contribution in [2.75, 3.05) is 6.54 Å². The fourth-order valence-corrected chi connectivity index (χ4v) is 1.20. The van der Waals surface area contributed by atoms with Gasteiger partial charge in [0.25, 0.3) is 0 Å². The third kappa shape index (κ3) is 5.48. The van der Waals surface area contributed by atoms with E-state index in [2.05, 4.69) is 10.1 Å². The molecule has 0 unspecified atom stereocenters. The van der Waals surface area contributed by atoms with Crippen molar-refractivity contribution in [1.82, 2.24) is 5.32 Å². The van der Waals surface area contributed by atoms with E-state index in [1.807, 2.05) is 0 Å². The van der Waals surface area contributed by atoms with Crippen molar-refractivity contribution in [3.8, 4) is 5.75 Å². The zero-order valence-electron chi connectivity index (χ0n) is 8.60. The van der Waals surface area contributed by atoms with Gasteiger partial charge in [0.15, 0.2) is 0 Å². The van der Waals surface area contributed by atoms with Crippen LogP contribution in [0.4, 0.5) is 22.0 Å². The summed E-state index contributed by atoms with van der Waals surface area (Å²) < 4.78 is 63.7. The summed E-state index contributed by atoms with van der Waals surface area (Å²) >= 11 is 0. The molecule has 0 aliphatic heterocycles. The molecule has 7 heteroatoms. The number of nitrogens with one attached hydrogen (secondary N) is 1. The quantitative estimate of drug-likeness (QED) is 0.817. The van der Waals surface area contributed by atoms with E-state index in [0.717, 1.165) is 0 Å². The van der Waals surface area contributed by atoms with Gasteiger partial charge >= 0.3 is 12.8 Å². The average molecular weight is 255 g/mol. The topological polar surface area (TPSA) is 21.3 Å². The van der Waals surface area contributed by atoms with Crippen molar-refractivity contribution in [3.63, 3.8) is 0 Å². The van der Waals surface area contributed by atoms with Crippen LogP contribution in [0.5, 0.6) is 5.75 Å². The third-order valence-corrected chi connectivity index (χ3v) is 1.83. The summed E-state index contributed by atoms with van der Waals surface area (Å²) in [6, 6.07) is 5.69. The maximum Gasteiger partial charge on any atom is 0.401 e. The number of alkyl halides is 5. The minimum Gasteiger partial charge on any atom is -0.434 e. The van der Waals surface area contributed by atoms with E-state index in [4.69, 9.17) is 0 Å². The Labute approximate surface area is 94.4 Å². The number of benzene rings is 1. The van der Waals surface area contributed by atoms with Crippen LogP contribution in [0, 0.1) is 0 Å². The molecular weight excluding hydrogens is 245 g/mol. The maximum atomic E-state index is 12.0. The van der Waals surface area contributed by atoms with Crippen LogP contribution in [0.2, 0.25) is 0 Å². The number of halogens is 5. The molecule has 1 aromatic carbocycles. The van der Waals surface area contributed by atoms with Crippen LogP contribution in [0.3, 0.4) is 0 Å². The smallest absolute Gasteiger partial charge is 0.401 e. The highest BCUT2D eigenvalue weighted by molar-refractivity contribution is 5.33. The first-order chi connectivity index (χ1) is 7.88. The molecule has 0 aromatic heterocycles. The van der Waals surface area contributed by atoms with Crippen molar-refractivity contribution < 1.29 is 26.7 Å². The lowest BCUT2D eigenvalue weighted by Gasteiger charge is -2.12. The van der Waals surface area contributed by atoms with Gasteiger partial charge in [0, 0.05) is 12.1 Å². The summed E-state index contributed by atoms with van der Waals surface area (Å²) in [4.78, 5) is 0. The van der Waals surface area contributed by atoms with E-state index >= 15 is 0 Å². The molecule has 1 aromatic rings. The molecule has 1 rings (SSSR count). The number of para-hydroxylation sites is 1. The Kier molecular flexibility index (Phi) is 4.68. The largest absolute Gasteiger partial charge is 0.434 e. The summed E-state index contributed by atoms with van der Waals surface area (Å²) in [6.45, 7) is -4.38. The van der Waals surface area contributed by atoms with Crippen molar-refractivity contribution in [2.24, 2.45) is 0 Å². The molecule has 17 heavy (non-hydrogen) atoms. The highest BCUT2D eigenvalue weighted by atomic mass is 19.4. The number of hydrogen-bond acceptors (Lipinski definition) is 2. The molecular formula is C10H10F5NO. The van der Waals surface area contributed by atoms with Crippen molar-refractivity contribution >= 4 is 0 Å². The highest BCUT2D eigenvalue weighted by Crippen LogP contribution is 2.20. The molecule has 1 N–H and O–H groups in total.